The molecular weight excluding hydrogens is 468 g/mol. The van der Waals surface area contributed by atoms with Crippen molar-refractivity contribution in [3.8, 4) is 0 Å². The van der Waals surface area contributed by atoms with Crippen LogP contribution in [0.1, 0.15) is 47.7 Å². The summed E-state index contributed by atoms with van der Waals surface area (Å²) in [6.45, 7) is 10.9. The molecule has 0 saturated carbocycles. The molecule has 2 aromatic rings. The molecule has 1 fully saturated rings. The van der Waals surface area contributed by atoms with Gasteiger partial charge in [-0.15, -0.1) is 16.4 Å². The molecule has 196 valence electrons. The summed E-state index contributed by atoms with van der Waals surface area (Å²) in [4.78, 5) is 5.52. The Kier molecular flexibility index (Phi) is 10.1. The van der Waals surface area contributed by atoms with Crippen molar-refractivity contribution in [1.29, 1.82) is 0 Å². The van der Waals surface area contributed by atoms with Gasteiger partial charge in [-0.1, -0.05) is 12.1 Å². The summed E-state index contributed by atoms with van der Waals surface area (Å²) in [7, 11) is 0. The smallest absolute Gasteiger partial charge is 0.0969 e. The second kappa shape index (κ2) is 13.2. The molecule has 10 heteroatoms. The number of fused-ring (bicyclic) bond motifs is 2. The maximum atomic E-state index is 8.64. The topological polar surface area (TPSA) is 91.1 Å². The van der Waals surface area contributed by atoms with Crippen LogP contribution in [0.2, 0.25) is 0 Å². The summed E-state index contributed by atoms with van der Waals surface area (Å²) in [5.74, 6) is 0. The van der Waals surface area contributed by atoms with Gasteiger partial charge in [-0.2, -0.15) is 0 Å². The molecular formula is C25H40N4O5S. The largest absolute Gasteiger partial charge is 0.394 e. The molecule has 1 N–H and O–H groups in total. The zero-order valence-electron chi connectivity index (χ0n) is 21.1. The quantitative estimate of drug-likeness (QED) is 0.389. The third-order valence-corrected chi connectivity index (χ3v) is 8.19. The Balaban J connectivity index is 1.17. The molecule has 0 amide bonds. The van der Waals surface area contributed by atoms with Gasteiger partial charge in [0.05, 0.1) is 70.7 Å². The third kappa shape index (κ3) is 7.09. The number of aliphatic hydroxyl groups excluding tert-OH is 1. The predicted molar refractivity (Wildman–Crippen MR) is 134 cm³/mol. The van der Waals surface area contributed by atoms with Crippen LogP contribution in [0.5, 0.6) is 0 Å². The number of aryl methyl sites for hydroxylation is 1. The molecule has 0 aromatic carbocycles. The summed E-state index contributed by atoms with van der Waals surface area (Å²) in [6.07, 6.45) is 6.24. The molecule has 1 spiro atoms. The molecule has 4 rings (SSSR count). The van der Waals surface area contributed by atoms with E-state index in [1.807, 2.05) is 22.2 Å². The Bertz CT molecular complexity index is 906. The van der Waals surface area contributed by atoms with Gasteiger partial charge in [-0.3, -0.25) is 4.90 Å². The third-order valence-electron chi connectivity index (χ3n) is 6.85. The highest BCUT2D eigenvalue weighted by Gasteiger charge is 2.44. The summed E-state index contributed by atoms with van der Waals surface area (Å²) >= 11 is 1.98. The number of ether oxygens (including phenoxy) is 4. The molecule has 9 nitrogen and oxygen atoms in total. The highest BCUT2D eigenvalue weighted by atomic mass is 32.1. The van der Waals surface area contributed by atoms with Gasteiger partial charge in [0.2, 0.25) is 0 Å². The van der Waals surface area contributed by atoms with Crippen molar-refractivity contribution >= 4 is 11.3 Å². The number of thiophene rings is 1. The molecule has 2 aliphatic heterocycles. The van der Waals surface area contributed by atoms with Crippen LogP contribution in [0.3, 0.4) is 0 Å². The molecule has 0 aliphatic carbocycles. The van der Waals surface area contributed by atoms with E-state index in [9.17, 15) is 0 Å². The second-order valence-electron chi connectivity index (χ2n) is 9.30. The fourth-order valence-electron chi connectivity index (χ4n) is 5.00. The molecule has 2 aliphatic rings. The average molecular weight is 509 g/mol. The van der Waals surface area contributed by atoms with Crippen molar-refractivity contribution in [3.05, 3.63) is 33.3 Å². The average Bonchev–Trinajstić information content (AvgIpc) is 3.50. The molecule has 2 atom stereocenters. The van der Waals surface area contributed by atoms with Crippen LogP contribution in [0, 0.1) is 0 Å². The monoisotopic (exact) mass is 508 g/mol. The standard InChI is InChI=1S/C25H40N4O5S/c1-3-22-16-23-24(35-22)4-9-34-25(23)5-6-28(20(2)17-25)18-21-19-29(27-26-21)7-10-31-12-14-33-15-13-32-11-8-30/h16,19-20,30H,3-15,17-18H2,1-2H3/t20-,25+/m0/s1. The van der Waals surface area contributed by atoms with E-state index in [-0.39, 0.29) is 12.2 Å². The van der Waals surface area contributed by atoms with Crippen molar-refractivity contribution in [1.82, 2.24) is 19.9 Å². The molecule has 0 bridgehead atoms. The summed E-state index contributed by atoms with van der Waals surface area (Å²) < 4.78 is 24.5. The van der Waals surface area contributed by atoms with Gasteiger partial charge in [-0.25, -0.2) is 4.68 Å². The SMILES string of the molecule is CCc1cc2c(s1)CCO[C@@]21CCN(Cc2cn(CCOCCOCCOCCO)nn2)[C@@H](C)C1. The van der Waals surface area contributed by atoms with Crippen molar-refractivity contribution in [2.75, 3.05) is 59.4 Å². The first-order chi connectivity index (χ1) is 17.1. The minimum atomic E-state index is -0.113. The van der Waals surface area contributed by atoms with E-state index in [1.54, 1.807) is 0 Å². The van der Waals surface area contributed by atoms with Gasteiger partial charge in [0, 0.05) is 41.5 Å². The van der Waals surface area contributed by atoms with Crippen LogP contribution in [0.25, 0.3) is 0 Å². The number of likely N-dealkylation sites (tertiary alicyclic amines) is 1. The van der Waals surface area contributed by atoms with E-state index in [1.165, 1.54) is 15.3 Å². The normalized spacial score (nSPS) is 22.7. The minimum Gasteiger partial charge on any atom is -0.394 e. The summed E-state index contributed by atoms with van der Waals surface area (Å²) in [6, 6.07) is 2.83. The van der Waals surface area contributed by atoms with Crippen LogP contribution in [0.15, 0.2) is 12.3 Å². The van der Waals surface area contributed by atoms with Crippen LogP contribution in [0.4, 0.5) is 0 Å². The Morgan fingerprint density at radius 2 is 1.94 bits per heavy atom. The lowest BCUT2D eigenvalue weighted by Gasteiger charge is -2.47. The Labute approximate surface area is 212 Å². The number of nitrogens with zero attached hydrogens (tertiary/aromatic N) is 4. The van der Waals surface area contributed by atoms with Crippen LogP contribution >= 0.6 is 11.3 Å². The van der Waals surface area contributed by atoms with Gasteiger partial charge in [0.15, 0.2) is 0 Å². The fourth-order valence-corrected chi connectivity index (χ4v) is 6.18. The van der Waals surface area contributed by atoms with Gasteiger partial charge >= 0.3 is 0 Å². The molecule has 2 aromatic heterocycles. The number of hydrogen-bond donors (Lipinski definition) is 1. The maximum absolute atomic E-state index is 8.64. The molecule has 1 saturated heterocycles. The zero-order chi connectivity index (χ0) is 24.5. The highest BCUT2D eigenvalue weighted by Crippen LogP contribution is 2.46. The fraction of sp³-hybridized carbons (Fsp3) is 0.760. The number of aliphatic hydroxyl groups is 1. The van der Waals surface area contributed by atoms with Crippen molar-refractivity contribution in [3.63, 3.8) is 0 Å². The van der Waals surface area contributed by atoms with E-state index in [0.29, 0.717) is 52.2 Å². The number of hydrogen-bond acceptors (Lipinski definition) is 9. The van der Waals surface area contributed by atoms with Crippen molar-refractivity contribution < 1.29 is 24.1 Å². The molecule has 0 unspecified atom stereocenters. The van der Waals surface area contributed by atoms with Crippen molar-refractivity contribution in [2.24, 2.45) is 0 Å². The highest BCUT2D eigenvalue weighted by molar-refractivity contribution is 7.12. The maximum Gasteiger partial charge on any atom is 0.0969 e. The first-order valence-electron chi connectivity index (χ1n) is 12.9. The van der Waals surface area contributed by atoms with Crippen LogP contribution in [-0.4, -0.2) is 90.4 Å². The zero-order valence-corrected chi connectivity index (χ0v) is 21.9. The number of piperidine rings is 1. The van der Waals surface area contributed by atoms with E-state index in [4.69, 9.17) is 24.1 Å². The predicted octanol–water partition coefficient (Wildman–Crippen LogP) is 2.40. The lowest BCUT2D eigenvalue weighted by molar-refractivity contribution is -0.112. The van der Waals surface area contributed by atoms with Gasteiger partial charge in [0.1, 0.15) is 0 Å². The minimum absolute atomic E-state index is 0.0377. The van der Waals surface area contributed by atoms with E-state index >= 15 is 0 Å². The van der Waals surface area contributed by atoms with E-state index < -0.39 is 0 Å². The Morgan fingerprint density at radius 3 is 2.69 bits per heavy atom. The first kappa shape index (κ1) is 26.7. The van der Waals surface area contributed by atoms with Crippen LogP contribution in [-0.2, 0) is 50.5 Å². The van der Waals surface area contributed by atoms with E-state index in [0.717, 1.165) is 51.1 Å². The summed E-state index contributed by atoms with van der Waals surface area (Å²) in [5, 5.41) is 17.3. The lowest BCUT2D eigenvalue weighted by atomic mass is 9.79. The molecule has 35 heavy (non-hydrogen) atoms. The Morgan fingerprint density at radius 1 is 1.17 bits per heavy atom. The number of rotatable bonds is 14. The van der Waals surface area contributed by atoms with Crippen LogP contribution < -0.4 is 0 Å². The second-order valence-corrected chi connectivity index (χ2v) is 10.5. The molecule has 4 heterocycles. The van der Waals surface area contributed by atoms with Gasteiger partial charge < -0.3 is 24.1 Å². The van der Waals surface area contributed by atoms with Crippen molar-refractivity contribution in [2.45, 2.75) is 64.3 Å². The number of aromatic nitrogens is 3. The lowest BCUT2D eigenvalue weighted by Crippen LogP contribution is -2.50. The van der Waals surface area contributed by atoms with Gasteiger partial charge in [-0.05, 0) is 37.8 Å². The first-order valence-corrected chi connectivity index (χ1v) is 13.7. The summed E-state index contributed by atoms with van der Waals surface area (Å²) in [5.41, 5.74) is 2.34. The van der Waals surface area contributed by atoms with E-state index in [2.05, 4.69) is 35.1 Å². The molecule has 0 radical (unpaired) electrons. The van der Waals surface area contributed by atoms with Gasteiger partial charge in [0.25, 0.3) is 0 Å². The Hall–Kier alpha value is -1.40.